The zero-order chi connectivity index (χ0) is 35.1. The fraction of sp³-hybridized carbons (Fsp3) is 0.528. The molecule has 3 N–H and O–H groups in total. The third kappa shape index (κ3) is 7.69. The van der Waals surface area contributed by atoms with Crippen molar-refractivity contribution >= 4 is 33.7 Å². The number of fused-ring (bicyclic) bond motifs is 1. The molecule has 1 aliphatic rings. The highest BCUT2D eigenvalue weighted by Crippen LogP contribution is 2.45. The third-order valence-corrected chi connectivity index (χ3v) is 19.5. The maximum atomic E-state index is 12.9. The van der Waals surface area contributed by atoms with Crippen molar-refractivity contribution in [3.05, 3.63) is 88.5 Å². The van der Waals surface area contributed by atoms with E-state index in [9.17, 15) is 4.79 Å². The topological polar surface area (TPSA) is 121 Å². The first-order valence-electron chi connectivity index (χ1n) is 16.9. The molecule has 0 saturated carbocycles. The zero-order valence-corrected chi connectivity index (χ0v) is 32.3. The van der Waals surface area contributed by atoms with Gasteiger partial charge in [-0.25, -0.2) is 4.98 Å². The minimum Gasteiger partial charge on any atom is -0.414 e. The molecule has 4 atom stereocenters. The van der Waals surface area contributed by atoms with Crippen LogP contribution in [0.25, 0.3) is 11.2 Å². The summed E-state index contributed by atoms with van der Waals surface area (Å²) in [7, 11) is -4.54. The van der Waals surface area contributed by atoms with Gasteiger partial charge >= 0.3 is 0 Å². The Balaban J connectivity index is 1.68. The van der Waals surface area contributed by atoms with Gasteiger partial charge in [-0.2, -0.15) is 4.98 Å². The number of anilines is 1. The maximum Gasteiger partial charge on any atom is 0.280 e. The minimum absolute atomic E-state index is 0.0222. The van der Waals surface area contributed by atoms with Gasteiger partial charge in [-0.3, -0.25) is 19.2 Å². The Kier molecular flexibility index (Phi) is 10.3. The molecule has 2 aromatic heterocycles. The van der Waals surface area contributed by atoms with Crippen molar-refractivity contribution in [1.29, 1.82) is 0 Å². The van der Waals surface area contributed by atoms with E-state index in [1.54, 1.807) is 6.33 Å². The Hall–Kier alpha value is -3.14. The van der Waals surface area contributed by atoms with Crippen LogP contribution in [0.2, 0.25) is 36.3 Å². The molecular formula is C36H54N6O4Si2. The summed E-state index contributed by atoms with van der Waals surface area (Å²) in [6.07, 6.45) is 0.199. The smallest absolute Gasteiger partial charge is 0.280 e. The lowest BCUT2D eigenvalue weighted by molar-refractivity contribution is -0.0463. The molecule has 0 spiro atoms. The molecule has 10 nitrogen and oxygen atoms in total. The van der Waals surface area contributed by atoms with Gasteiger partial charge in [0.15, 0.2) is 34.0 Å². The number of imidazole rings is 1. The number of hydrogen-bond donors (Lipinski definition) is 2. The summed E-state index contributed by atoms with van der Waals surface area (Å²) < 4.78 is 23.3. The van der Waals surface area contributed by atoms with E-state index in [2.05, 4.69) is 136 Å². The number of nitrogens with one attached hydrogen (secondary N) is 1. The lowest BCUT2D eigenvalue weighted by Gasteiger charge is -2.43. The van der Waals surface area contributed by atoms with Crippen LogP contribution >= 0.6 is 0 Å². The molecule has 2 aromatic carbocycles. The number of H-pyrrole nitrogens is 1. The van der Waals surface area contributed by atoms with Gasteiger partial charge < -0.3 is 19.3 Å². The molecule has 3 heterocycles. The molecule has 0 bridgehead atoms. The van der Waals surface area contributed by atoms with Gasteiger partial charge in [0.05, 0.1) is 19.0 Å². The SMILES string of the molecule is CC(C)(C)[Si](C)(C)OC[C@H]1O[C@@H](n2cnc3c(=O)[nH]c(N)nc32)C(O[Si](C)(C)C(C)(C)C)C1N(Cc1ccccc1)Cc1ccccc1. The molecule has 1 aliphatic heterocycles. The van der Waals surface area contributed by atoms with E-state index in [4.69, 9.17) is 19.3 Å². The Morgan fingerprint density at radius 1 is 0.896 bits per heavy atom. The molecule has 260 valence electrons. The summed E-state index contributed by atoms with van der Waals surface area (Å²) in [5, 5.41) is -0.0489. The van der Waals surface area contributed by atoms with Crippen LogP contribution in [0.3, 0.4) is 0 Å². The Bertz CT molecular complexity index is 1690. The second-order valence-electron chi connectivity index (χ2n) is 16.1. The van der Waals surface area contributed by atoms with Crippen LogP contribution < -0.4 is 11.3 Å². The van der Waals surface area contributed by atoms with Gasteiger partial charge in [-0.05, 0) is 47.4 Å². The molecule has 1 saturated heterocycles. The number of nitrogen functional groups attached to an aromatic ring is 1. The van der Waals surface area contributed by atoms with Crippen molar-refractivity contribution < 1.29 is 13.6 Å². The number of hydrogen-bond acceptors (Lipinski definition) is 8. The molecule has 48 heavy (non-hydrogen) atoms. The first-order valence-corrected chi connectivity index (χ1v) is 22.7. The molecule has 4 aromatic rings. The van der Waals surface area contributed by atoms with Gasteiger partial charge in [-0.15, -0.1) is 0 Å². The van der Waals surface area contributed by atoms with E-state index in [0.29, 0.717) is 25.3 Å². The molecular weight excluding hydrogens is 637 g/mol. The number of ether oxygens (including phenoxy) is 1. The molecule has 0 radical (unpaired) electrons. The van der Waals surface area contributed by atoms with Crippen molar-refractivity contribution in [2.45, 2.75) is 115 Å². The Morgan fingerprint density at radius 3 is 1.96 bits per heavy atom. The molecule has 2 unspecified atom stereocenters. The summed E-state index contributed by atoms with van der Waals surface area (Å²) in [6.45, 7) is 24.3. The summed E-state index contributed by atoms with van der Waals surface area (Å²) in [5.74, 6) is 0.0262. The van der Waals surface area contributed by atoms with E-state index in [0.717, 1.165) is 0 Å². The number of benzene rings is 2. The van der Waals surface area contributed by atoms with Gasteiger partial charge in [-0.1, -0.05) is 102 Å². The summed E-state index contributed by atoms with van der Waals surface area (Å²) in [4.78, 5) is 26.9. The molecule has 5 rings (SSSR count). The van der Waals surface area contributed by atoms with E-state index < -0.39 is 29.0 Å². The monoisotopic (exact) mass is 690 g/mol. The van der Waals surface area contributed by atoms with Crippen molar-refractivity contribution in [2.24, 2.45) is 0 Å². The zero-order valence-electron chi connectivity index (χ0n) is 30.3. The quantitative estimate of drug-likeness (QED) is 0.160. The lowest BCUT2D eigenvalue weighted by Crippen LogP contribution is -2.54. The van der Waals surface area contributed by atoms with Crippen LogP contribution in [0.4, 0.5) is 5.95 Å². The van der Waals surface area contributed by atoms with Crippen LogP contribution in [-0.4, -0.2) is 65.9 Å². The highest BCUT2D eigenvalue weighted by molar-refractivity contribution is 6.74. The van der Waals surface area contributed by atoms with Gasteiger partial charge in [0.1, 0.15) is 12.2 Å². The van der Waals surface area contributed by atoms with Crippen molar-refractivity contribution in [2.75, 3.05) is 12.3 Å². The molecule has 0 amide bonds. The predicted molar refractivity (Wildman–Crippen MR) is 198 cm³/mol. The number of rotatable bonds is 11. The van der Waals surface area contributed by atoms with Crippen LogP contribution in [0.15, 0.2) is 71.8 Å². The fourth-order valence-corrected chi connectivity index (χ4v) is 8.01. The van der Waals surface area contributed by atoms with Crippen LogP contribution in [0.1, 0.15) is 58.9 Å². The molecule has 0 aliphatic carbocycles. The summed E-state index contributed by atoms with van der Waals surface area (Å²) >= 11 is 0. The fourth-order valence-electron chi connectivity index (χ4n) is 5.71. The third-order valence-electron chi connectivity index (χ3n) is 10.6. The van der Waals surface area contributed by atoms with Crippen molar-refractivity contribution in [3.8, 4) is 0 Å². The highest BCUT2D eigenvalue weighted by Gasteiger charge is 2.54. The average molecular weight is 691 g/mol. The Morgan fingerprint density at radius 2 is 1.44 bits per heavy atom. The second-order valence-corrected chi connectivity index (χ2v) is 25.7. The number of aromatic amines is 1. The molecule has 1 fully saturated rings. The van der Waals surface area contributed by atoms with E-state index in [-0.39, 0.29) is 39.2 Å². The highest BCUT2D eigenvalue weighted by atomic mass is 28.4. The van der Waals surface area contributed by atoms with Crippen LogP contribution in [0.5, 0.6) is 0 Å². The first kappa shape index (κ1) is 36.2. The van der Waals surface area contributed by atoms with Crippen LogP contribution in [0, 0.1) is 0 Å². The van der Waals surface area contributed by atoms with Gasteiger partial charge in [0.25, 0.3) is 5.56 Å². The Labute approximate surface area is 287 Å². The molecule has 12 heteroatoms. The summed E-state index contributed by atoms with van der Waals surface area (Å²) in [6, 6.07) is 20.9. The first-order chi connectivity index (χ1) is 22.4. The normalized spacial score (nSPS) is 21.0. The largest absolute Gasteiger partial charge is 0.414 e. The average Bonchev–Trinajstić information content (AvgIpc) is 3.56. The van der Waals surface area contributed by atoms with Gasteiger partial charge in [0.2, 0.25) is 5.95 Å². The number of aromatic nitrogens is 4. The van der Waals surface area contributed by atoms with E-state index >= 15 is 0 Å². The van der Waals surface area contributed by atoms with Crippen LogP contribution in [-0.2, 0) is 26.7 Å². The summed E-state index contributed by atoms with van der Waals surface area (Å²) in [5.41, 5.74) is 8.64. The van der Waals surface area contributed by atoms with Crippen molar-refractivity contribution in [3.63, 3.8) is 0 Å². The second kappa shape index (κ2) is 13.6. The van der Waals surface area contributed by atoms with Gasteiger partial charge in [0, 0.05) is 13.1 Å². The number of nitrogens with two attached hydrogens (primary N) is 1. The van der Waals surface area contributed by atoms with E-state index in [1.807, 2.05) is 16.7 Å². The van der Waals surface area contributed by atoms with E-state index in [1.165, 1.54) is 11.1 Å². The lowest BCUT2D eigenvalue weighted by atomic mass is 10.0. The maximum absolute atomic E-state index is 12.9. The van der Waals surface area contributed by atoms with Crippen molar-refractivity contribution in [1.82, 2.24) is 24.4 Å². The number of nitrogens with zero attached hydrogens (tertiary/aromatic N) is 4. The minimum atomic E-state index is -2.39. The standard InChI is InChI=1S/C36H54N6O4Si2/c1-35(2,3)47(7,8)44-23-27-29(41(21-25-17-13-11-14-18-25)22-26-19-15-12-16-20-26)30(46-48(9,10)36(4,5)6)33(45-27)42-24-38-28-31(42)39-34(37)40-32(28)43/h11-20,24,27,29-30,33H,21-23H2,1-10H3,(H3,37,39,40,43)/t27-,29?,30?,33-/m1/s1. The predicted octanol–water partition coefficient (Wildman–Crippen LogP) is 7.08.